The first-order valence-electron chi connectivity index (χ1n) is 6.19. The Bertz CT molecular complexity index is 745. The summed E-state index contributed by atoms with van der Waals surface area (Å²) in [5.74, 6) is 0.481. The van der Waals surface area contributed by atoms with Gasteiger partial charge < -0.3 is 15.0 Å². The van der Waals surface area contributed by atoms with E-state index in [1.165, 1.54) is 0 Å². The third kappa shape index (κ3) is 2.28. The zero-order valence-corrected chi connectivity index (χ0v) is 12.0. The Morgan fingerprint density at radius 3 is 2.90 bits per heavy atom. The molecule has 5 heteroatoms. The molecule has 0 bridgehead atoms. The maximum atomic E-state index is 12.3. The molecule has 1 amide bonds. The number of rotatable bonds is 3. The molecule has 2 aromatic heterocycles. The summed E-state index contributed by atoms with van der Waals surface area (Å²) < 4.78 is 5.26. The van der Waals surface area contributed by atoms with E-state index in [9.17, 15) is 4.79 Å². The zero-order valence-electron chi connectivity index (χ0n) is 11.2. The molecule has 4 nitrogen and oxygen atoms in total. The highest BCUT2D eigenvalue weighted by Gasteiger charge is 2.12. The summed E-state index contributed by atoms with van der Waals surface area (Å²) in [5.41, 5.74) is 2.29. The van der Waals surface area contributed by atoms with E-state index in [0.29, 0.717) is 17.1 Å². The van der Waals surface area contributed by atoms with Gasteiger partial charge in [-0.3, -0.25) is 4.79 Å². The number of methoxy groups -OCH3 is 1. The first kappa shape index (κ1) is 12.7. The smallest absolute Gasteiger partial charge is 0.272 e. The van der Waals surface area contributed by atoms with Crippen molar-refractivity contribution >= 4 is 33.1 Å². The van der Waals surface area contributed by atoms with Crippen molar-refractivity contribution in [3.8, 4) is 5.75 Å². The van der Waals surface area contributed by atoms with Crippen LogP contribution in [0, 0.1) is 6.92 Å². The van der Waals surface area contributed by atoms with Gasteiger partial charge in [-0.1, -0.05) is 6.07 Å². The van der Waals surface area contributed by atoms with E-state index in [-0.39, 0.29) is 5.91 Å². The summed E-state index contributed by atoms with van der Waals surface area (Å²) >= 11 is 1.58. The highest BCUT2D eigenvalue weighted by atomic mass is 32.1. The number of H-pyrrole nitrogens is 1. The molecule has 0 spiro atoms. The van der Waals surface area contributed by atoms with Gasteiger partial charge in [-0.2, -0.15) is 0 Å². The molecule has 0 saturated heterocycles. The number of fused-ring (bicyclic) bond motifs is 1. The number of thiophene rings is 1. The molecule has 0 atom stereocenters. The number of carbonyl (C=O) groups is 1. The number of amides is 1. The minimum absolute atomic E-state index is 0.169. The van der Waals surface area contributed by atoms with Crippen LogP contribution in [0.3, 0.4) is 0 Å². The number of benzene rings is 1. The lowest BCUT2D eigenvalue weighted by Gasteiger charge is -2.10. The van der Waals surface area contributed by atoms with Gasteiger partial charge in [-0.05, 0) is 42.1 Å². The predicted molar refractivity (Wildman–Crippen MR) is 81.9 cm³/mol. The maximum absolute atomic E-state index is 12.3. The second kappa shape index (κ2) is 5.02. The number of aryl methyl sites for hydroxylation is 1. The highest BCUT2D eigenvalue weighted by molar-refractivity contribution is 7.16. The topological polar surface area (TPSA) is 54.1 Å². The second-order valence-corrected chi connectivity index (χ2v) is 5.46. The number of aromatic amines is 1. The normalized spacial score (nSPS) is 10.7. The van der Waals surface area contributed by atoms with Gasteiger partial charge in [-0.15, -0.1) is 11.3 Å². The summed E-state index contributed by atoms with van der Waals surface area (Å²) in [7, 11) is 1.59. The van der Waals surface area contributed by atoms with Crippen LogP contribution in [0.4, 0.5) is 5.69 Å². The second-order valence-electron chi connectivity index (χ2n) is 4.55. The quantitative estimate of drug-likeness (QED) is 0.769. The number of ether oxygens (including phenoxy) is 1. The predicted octanol–water partition coefficient (Wildman–Crippen LogP) is 3.80. The van der Waals surface area contributed by atoms with Crippen molar-refractivity contribution in [3.63, 3.8) is 0 Å². The van der Waals surface area contributed by atoms with Crippen molar-refractivity contribution in [2.45, 2.75) is 6.92 Å². The summed E-state index contributed by atoms with van der Waals surface area (Å²) in [6.07, 6.45) is 0. The van der Waals surface area contributed by atoms with E-state index in [2.05, 4.69) is 10.3 Å². The van der Waals surface area contributed by atoms with Crippen molar-refractivity contribution < 1.29 is 9.53 Å². The molecular weight excluding hydrogens is 272 g/mol. The molecular formula is C15H14N2O2S. The first-order chi connectivity index (χ1) is 9.67. The number of anilines is 1. The van der Waals surface area contributed by atoms with Gasteiger partial charge in [0.25, 0.3) is 5.91 Å². The van der Waals surface area contributed by atoms with Crippen LogP contribution in [-0.4, -0.2) is 18.0 Å². The van der Waals surface area contributed by atoms with E-state index in [4.69, 9.17) is 4.74 Å². The van der Waals surface area contributed by atoms with Gasteiger partial charge in [-0.25, -0.2) is 0 Å². The fraction of sp³-hybridized carbons (Fsp3) is 0.133. The maximum Gasteiger partial charge on any atom is 0.272 e. The molecule has 0 fully saturated rings. The Balaban J connectivity index is 1.88. The van der Waals surface area contributed by atoms with Gasteiger partial charge >= 0.3 is 0 Å². The Morgan fingerprint density at radius 1 is 1.30 bits per heavy atom. The standard InChI is InChI=1S/C15H14N2O2S/c1-9-3-4-13(19-2)11(7-9)16-14(18)12-8-10-5-6-20-15(10)17-12/h3-8,17H,1-2H3,(H,16,18). The SMILES string of the molecule is COc1ccc(C)cc1NC(=O)c1cc2ccsc2[nH]1. The zero-order chi connectivity index (χ0) is 14.1. The van der Waals surface area contributed by atoms with Gasteiger partial charge in [0.1, 0.15) is 16.3 Å². The fourth-order valence-corrected chi connectivity index (χ4v) is 2.86. The largest absolute Gasteiger partial charge is 0.495 e. The lowest BCUT2D eigenvalue weighted by Crippen LogP contribution is -2.13. The van der Waals surface area contributed by atoms with Gasteiger partial charge in [0.15, 0.2) is 0 Å². The number of nitrogens with one attached hydrogen (secondary N) is 2. The Morgan fingerprint density at radius 2 is 2.15 bits per heavy atom. The molecule has 0 radical (unpaired) electrons. The van der Waals surface area contributed by atoms with Crippen LogP contribution in [0.2, 0.25) is 0 Å². The van der Waals surface area contributed by atoms with E-state index in [1.807, 2.05) is 42.6 Å². The molecule has 0 aliphatic heterocycles. The van der Waals surface area contributed by atoms with Crippen LogP contribution >= 0.6 is 11.3 Å². The number of aromatic nitrogens is 1. The van der Waals surface area contributed by atoms with Crippen LogP contribution in [0.15, 0.2) is 35.7 Å². The summed E-state index contributed by atoms with van der Waals surface area (Å²) in [4.78, 5) is 16.4. The molecule has 2 heterocycles. The Hall–Kier alpha value is -2.27. The van der Waals surface area contributed by atoms with Crippen molar-refractivity contribution in [2.75, 3.05) is 12.4 Å². The van der Waals surface area contributed by atoms with E-state index in [1.54, 1.807) is 18.4 Å². The molecule has 3 rings (SSSR count). The van der Waals surface area contributed by atoms with E-state index in [0.717, 1.165) is 15.8 Å². The average molecular weight is 286 g/mol. The van der Waals surface area contributed by atoms with Crippen LogP contribution in [0.25, 0.3) is 10.2 Å². The summed E-state index contributed by atoms with van der Waals surface area (Å²) in [5, 5.41) is 5.92. The van der Waals surface area contributed by atoms with Crippen molar-refractivity contribution in [2.24, 2.45) is 0 Å². The average Bonchev–Trinajstić information content (AvgIpc) is 2.99. The Labute approximate surface area is 120 Å². The fourth-order valence-electron chi connectivity index (χ4n) is 2.08. The van der Waals surface area contributed by atoms with Crippen LogP contribution in [-0.2, 0) is 0 Å². The lowest BCUT2D eigenvalue weighted by atomic mass is 10.2. The summed E-state index contributed by atoms with van der Waals surface area (Å²) in [6.45, 7) is 1.97. The Kier molecular flexibility index (Phi) is 3.20. The van der Waals surface area contributed by atoms with E-state index >= 15 is 0 Å². The number of hydrogen-bond donors (Lipinski definition) is 2. The third-order valence-corrected chi connectivity index (χ3v) is 3.94. The minimum atomic E-state index is -0.169. The molecule has 3 aromatic rings. The van der Waals surface area contributed by atoms with E-state index < -0.39 is 0 Å². The molecule has 0 unspecified atom stereocenters. The molecule has 0 aliphatic carbocycles. The molecule has 0 aliphatic rings. The molecule has 1 aromatic carbocycles. The number of hydrogen-bond acceptors (Lipinski definition) is 3. The summed E-state index contributed by atoms with van der Waals surface area (Å²) in [6, 6.07) is 9.52. The lowest BCUT2D eigenvalue weighted by molar-refractivity contribution is 0.102. The highest BCUT2D eigenvalue weighted by Crippen LogP contribution is 2.26. The minimum Gasteiger partial charge on any atom is -0.495 e. The van der Waals surface area contributed by atoms with Crippen molar-refractivity contribution in [3.05, 3.63) is 47.0 Å². The van der Waals surface area contributed by atoms with Crippen molar-refractivity contribution in [1.82, 2.24) is 4.98 Å². The molecule has 20 heavy (non-hydrogen) atoms. The van der Waals surface area contributed by atoms with Crippen LogP contribution in [0.5, 0.6) is 5.75 Å². The van der Waals surface area contributed by atoms with Gasteiger partial charge in [0.2, 0.25) is 0 Å². The van der Waals surface area contributed by atoms with Crippen LogP contribution < -0.4 is 10.1 Å². The molecule has 102 valence electrons. The third-order valence-electron chi connectivity index (χ3n) is 3.09. The molecule has 2 N–H and O–H groups in total. The van der Waals surface area contributed by atoms with Gasteiger partial charge in [0, 0.05) is 5.39 Å². The van der Waals surface area contributed by atoms with Crippen LogP contribution in [0.1, 0.15) is 16.1 Å². The van der Waals surface area contributed by atoms with Crippen molar-refractivity contribution in [1.29, 1.82) is 0 Å². The number of carbonyl (C=O) groups excluding carboxylic acids is 1. The first-order valence-corrected chi connectivity index (χ1v) is 7.07. The molecule has 0 saturated carbocycles. The monoisotopic (exact) mass is 286 g/mol. The van der Waals surface area contributed by atoms with Gasteiger partial charge in [0.05, 0.1) is 12.8 Å².